The molecule has 0 aromatic rings. The maximum atomic E-state index is 8.56. The maximum absolute atomic E-state index is 8.56. The van der Waals surface area contributed by atoms with Gasteiger partial charge in [0.1, 0.15) is 0 Å². The zero-order valence-electron chi connectivity index (χ0n) is 3.67. The second-order valence-corrected chi connectivity index (χ2v) is 0.651. The first-order chi connectivity index (χ1) is 1.73. The van der Waals surface area contributed by atoms with Crippen LogP contribution in [0, 0.1) is 0 Å². The van der Waals surface area contributed by atoms with Gasteiger partial charge in [0, 0.05) is 0 Å². The molecule has 0 aliphatic rings. The van der Waals surface area contributed by atoms with E-state index in [2.05, 4.69) is 0 Å². The summed E-state index contributed by atoms with van der Waals surface area (Å²) < 4.78 is 24.1. The topological polar surface area (TPSA) is 60.4 Å². The van der Waals surface area contributed by atoms with E-state index in [4.69, 9.17) is 13.3 Å². The quantitative estimate of drug-likeness (QED) is 0.270. The van der Waals surface area contributed by atoms with E-state index in [1.807, 2.05) is 0 Å². The van der Waals surface area contributed by atoms with E-state index in [0.29, 0.717) is 0 Å². The monoisotopic (exact) mass is 142 g/mol. The predicted molar refractivity (Wildman–Crippen MR) is 22.9 cm³/mol. The normalized spacial score (nSPS) is 8.86. The minimum absolute atomic E-state index is 0. The van der Waals surface area contributed by atoms with Gasteiger partial charge >= 0.3 is 59.1 Å². The van der Waals surface area contributed by atoms with Gasteiger partial charge in [-0.3, -0.25) is 0 Å². The molecule has 0 bridgehead atoms. The van der Waals surface area contributed by atoms with Crippen molar-refractivity contribution in [2.45, 2.75) is 0 Å². The summed E-state index contributed by atoms with van der Waals surface area (Å²) in [5.41, 5.74) is 0. The van der Waals surface area contributed by atoms with Gasteiger partial charge < -0.3 is 9.11 Å². The molecule has 0 aliphatic carbocycles. The SMILES string of the molecule is O=S([O-])O.[BH4-].[Na+].[Na+]. The Morgan fingerprint density at radius 1 is 1.43 bits per heavy atom. The van der Waals surface area contributed by atoms with Crippen LogP contribution in [0.25, 0.3) is 0 Å². The van der Waals surface area contributed by atoms with Crippen molar-refractivity contribution in [3.63, 3.8) is 0 Å². The molecule has 1 unspecified atom stereocenters. The van der Waals surface area contributed by atoms with Crippen LogP contribution in [0.15, 0.2) is 0 Å². The molecule has 3 nitrogen and oxygen atoms in total. The van der Waals surface area contributed by atoms with Crippen LogP contribution >= 0.6 is 0 Å². The molecule has 0 rings (SSSR count). The third kappa shape index (κ3) is 67.2. The fourth-order valence-electron chi connectivity index (χ4n) is 0. The summed E-state index contributed by atoms with van der Waals surface area (Å²) in [4.78, 5) is 0. The molecule has 7 heteroatoms. The minimum Gasteiger partial charge on any atom is -0.750 e. The Bertz CT molecular complexity index is 35.9. The van der Waals surface area contributed by atoms with Crippen LogP contribution < -0.4 is 59.1 Å². The van der Waals surface area contributed by atoms with Crippen molar-refractivity contribution in [2.24, 2.45) is 0 Å². The summed E-state index contributed by atoms with van der Waals surface area (Å²) in [6.45, 7) is 0. The molecule has 34 valence electrons. The molecule has 1 atom stereocenters. The molecular formula is H5BNa2O3S. The Morgan fingerprint density at radius 3 is 1.43 bits per heavy atom. The van der Waals surface area contributed by atoms with E-state index < -0.39 is 11.4 Å². The second-order valence-electron chi connectivity index (χ2n) is 0.217. The summed E-state index contributed by atoms with van der Waals surface area (Å²) in [7, 11) is 0. The van der Waals surface area contributed by atoms with E-state index in [1.165, 1.54) is 0 Å². The standard InChI is InChI=1S/BH4.2Na.H2O3S/c;;;1-4(2)3/h1H4;;;(H2,1,2,3)/q-1;2*+1;/p-1. The second kappa shape index (κ2) is 15.7. The molecule has 0 aromatic carbocycles. The van der Waals surface area contributed by atoms with Gasteiger partial charge in [0.2, 0.25) is 0 Å². The zero-order valence-corrected chi connectivity index (χ0v) is 8.49. The molecule has 0 aromatic heterocycles. The van der Waals surface area contributed by atoms with Crippen LogP contribution in [0.5, 0.6) is 0 Å². The van der Waals surface area contributed by atoms with Gasteiger partial charge in [0.25, 0.3) is 0 Å². The van der Waals surface area contributed by atoms with Crippen molar-refractivity contribution in [3.05, 3.63) is 0 Å². The molecule has 7 heavy (non-hydrogen) atoms. The summed E-state index contributed by atoms with van der Waals surface area (Å²) in [5.74, 6) is 0. The molecule has 0 saturated carbocycles. The molecule has 0 fully saturated rings. The Hall–Kier alpha value is 2.13. The first-order valence-electron chi connectivity index (χ1n) is 0.516. The van der Waals surface area contributed by atoms with Gasteiger partial charge in [-0.2, -0.15) is 0 Å². The van der Waals surface area contributed by atoms with Gasteiger partial charge in [0.05, 0.1) is 11.4 Å². The Kier molecular flexibility index (Phi) is 51.4. The fraction of sp³-hybridized carbons (Fsp3) is 0. The average Bonchev–Trinajstić information content (AvgIpc) is 0.811. The molecule has 0 spiro atoms. The minimum atomic E-state index is -2.86. The average molecular weight is 142 g/mol. The van der Waals surface area contributed by atoms with Crippen molar-refractivity contribution in [1.29, 1.82) is 0 Å². The Morgan fingerprint density at radius 2 is 1.43 bits per heavy atom. The van der Waals surface area contributed by atoms with Crippen molar-refractivity contribution in [3.8, 4) is 0 Å². The predicted octanol–water partition coefficient (Wildman–Crippen LogP) is -8.11. The van der Waals surface area contributed by atoms with Crippen molar-refractivity contribution in [1.82, 2.24) is 0 Å². The van der Waals surface area contributed by atoms with E-state index >= 15 is 0 Å². The first-order valence-corrected chi connectivity index (χ1v) is 1.55. The van der Waals surface area contributed by atoms with E-state index in [0.717, 1.165) is 0 Å². The smallest absolute Gasteiger partial charge is 0.750 e. The molecule has 0 aliphatic heterocycles. The summed E-state index contributed by atoms with van der Waals surface area (Å²) in [6.07, 6.45) is 0. The third-order valence-corrected chi connectivity index (χ3v) is 0. The van der Waals surface area contributed by atoms with Crippen molar-refractivity contribution < 1.29 is 72.4 Å². The van der Waals surface area contributed by atoms with Crippen LogP contribution in [0.1, 0.15) is 0 Å². The first kappa shape index (κ1) is 22.9. The van der Waals surface area contributed by atoms with Crippen LogP contribution in [0.4, 0.5) is 0 Å². The number of rotatable bonds is 0. The van der Waals surface area contributed by atoms with Crippen molar-refractivity contribution in [2.75, 3.05) is 0 Å². The van der Waals surface area contributed by atoms with Gasteiger partial charge in [-0.05, 0) is 0 Å². The van der Waals surface area contributed by atoms with Crippen LogP contribution in [0.2, 0.25) is 0 Å². The van der Waals surface area contributed by atoms with Crippen LogP contribution in [-0.4, -0.2) is 21.7 Å². The molecule has 0 radical (unpaired) electrons. The molecule has 0 saturated heterocycles. The summed E-state index contributed by atoms with van der Waals surface area (Å²) in [6, 6.07) is 0. The molecule has 1 N–H and O–H groups in total. The van der Waals surface area contributed by atoms with E-state index in [9.17, 15) is 0 Å². The van der Waals surface area contributed by atoms with Crippen LogP contribution in [-0.2, 0) is 11.4 Å². The Balaban J connectivity index is -0.0000000150. The van der Waals surface area contributed by atoms with Gasteiger partial charge in [-0.25, -0.2) is 4.21 Å². The maximum Gasteiger partial charge on any atom is 1.00 e. The Labute approximate surface area is 90.9 Å². The van der Waals surface area contributed by atoms with Crippen molar-refractivity contribution >= 4 is 19.8 Å². The van der Waals surface area contributed by atoms with Gasteiger partial charge in [-0.15, -0.1) is 0 Å². The van der Waals surface area contributed by atoms with Gasteiger partial charge in [0.15, 0.2) is 0 Å². The number of hydrogen-bond acceptors (Lipinski definition) is 2. The van der Waals surface area contributed by atoms with E-state index in [1.54, 1.807) is 0 Å². The molecular weight excluding hydrogens is 137 g/mol. The third-order valence-electron chi connectivity index (χ3n) is 0. The number of hydrogen-bond donors (Lipinski definition) is 1. The zero-order chi connectivity index (χ0) is 3.58. The largest absolute Gasteiger partial charge is 1.00 e. The summed E-state index contributed by atoms with van der Waals surface area (Å²) >= 11 is -2.86. The molecule has 0 amide bonds. The van der Waals surface area contributed by atoms with E-state index in [-0.39, 0.29) is 67.5 Å². The summed E-state index contributed by atoms with van der Waals surface area (Å²) in [5, 5.41) is 0. The van der Waals surface area contributed by atoms with Gasteiger partial charge in [-0.1, -0.05) is 8.41 Å². The fourth-order valence-corrected chi connectivity index (χ4v) is 0. The molecule has 0 heterocycles. The van der Waals surface area contributed by atoms with Crippen LogP contribution in [0.3, 0.4) is 0 Å².